The molecule has 0 saturated heterocycles. The molecule has 0 amide bonds. The van der Waals surface area contributed by atoms with Gasteiger partial charge in [-0.3, -0.25) is 9.79 Å². The number of esters is 1. The largest absolute Gasteiger partial charge is 0.461 e. The number of aryl methyl sites for hydroxylation is 1. The Kier molecular flexibility index (Phi) is 6.53. The number of rotatable bonds is 6. The SMILES string of the molecule is Cc1ccccc1/C=C1/C=CC=CC1=NCCC(=O)OCc1ccccc1. The fraction of sp³-hybridized carbons (Fsp3) is 0.167. The predicted octanol–water partition coefficient (Wildman–Crippen LogP) is 5.08. The van der Waals surface area contributed by atoms with Crippen LogP contribution in [-0.2, 0) is 16.1 Å². The maximum absolute atomic E-state index is 11.9. The van der Waals surface area contributed by atoms with Gasteiger partial charge in [-0.25, -0.2) is 0 Å². The molecule has 0 unspecified atom stereocenters. The van der Waals surface area contributed by atoms with Crippen LogP contribution in [0.2, 0.25) is 0 Å². The molecule has 0 heterocycles. The first-order valence-electron chi connectivity index (χ1n) is 9.09. The Hall–Kier alpha value is -3.20. The average molecular weight is 357 g/mol. The zero-order valence-corrected chi connectivity index (χ0v) is 15.5. The van der Waals surface area contributed by atoms with E-state index in [1.165, 1.54) is 11.1 Å². The van der Waals surface area contributed by atoms with E-state index in [1.54, 1.807) is 0 Å². The third-order valence-electron chi connectivity index (χ3n) is 4.28. The van der Waals surface area contributed by atoms with E-state index in [0.717, 1.165) is 16.8 Å². The second-order valence-corrected chi connectivity index (χ2v) is 6.34. The van der Waals surface area contributed by atoms with Crippen molar-refractivity contribution >= 4 is 17.8 Å². The zero-order chi connectivity index (χ0) is 18.9. The number of hydrogen-bond donors (Lipinski definition) is 0. The molecule has 2 aromatic rings. The lowest BCUT2D eigenvalue weighted by molar-refractivity contribution is -0.144. The zero-order valence-electron chi connectivity index (χ0n) is 15.5. The molecule has 0 aromatic heterocycles. The first-order valence-corrected chi connectivity index (χ1v) is 9.09. The van der Waals surface area contributed by atoms with Gasteiger partial charge in [0.2, 0.25) is 0 Å². The van der Waals surface area contributed by atoms with Crippen LogP contribution in [0.4, 0.5) is 0 Å². The Morgan fingerprint density at radius 2 is 1.74 bits per heavy atom. The van der Waals surface area contributed by atoms with Crippen molar-refractivity contribution in [1.29, 1.82) is 0 Å². The van der Waals surface area contributed by atoms with E-state index >= 15 is 0 Å². The van der Waals surface area contributed by atoms with Crippen molar-refractivity contribution in [3.8, 4) is 0 Å². The first-order chi connectivity index (χ1) is 13.2. The van der Waals surface area contributed by atoms with Crippen LogP contribution in [0.25, 0.3) is 6.08 Å². The Balaban J connectivity index is 1.58. The molecule has 2 aromatic carbocycles. The normalized spacial score (nSPS) is 16.0. The highest BCUT2D eigenvalue weighted by Crippen LogP contribution is 2.17. The monoisotopic (exact) mass is 357 g/mol. The topological polar surface area (TPSA) is 38.7 Å². The van der Waals surface area contributed by atoms with Gasteiger partial charge in [-0.2, -0.15) is 0 Å². The maximum atomic E-state index is 11.9. The van der Waals surface area contributed by atoms with E-state index in [0.29, 0.717) is 13.2 Å². The van der Waals surface area contributed by atoms with Crippen molar-refractivity contribution in [3.05, 3.63) is 101 Å². The van der Waals surface area contributed by atoms with Crippen LogP contribution in [0.1, 0.15) is 23.1 Å². The molecule has 0 fully saturated rings. The van der Waals surface area contributed by atoms with Crippen LogP contribution in [0.15, 0.2) is 89.5 Å². The Labute approximate surface area is 160 Å². The van der Waals surface area contributed by atoms with Crippen molar-refractivity contribution in [2.75, 3.05) is 6.54 Å². The molecule has 3 rings (SSSR count). The van der Waals surface area contributed by atoms with Crippen molar-refractivity contribution < 1.29 is 9.53 Å². The minimum atomic E-state index is -0.233. The molecular weight excluding hydrogens is 334 g/mol. The first kappa shape index (κ1) is 18.6. The number of carbonyl (C=O) groups excluding carboxylic acids is 1. The molecule has 0 radical (unpaired) electrons. The highest BCUT2D eigenvalue weighted by atomic mass is 16.5. The summed E-state index contributed by atoms with van der Waals surface area (Å²) < 4.78 is 5.30. The van der Waals surface area contributed by atoms with Crippen molar-refractivity contribution in [2.45, 2.75) is 20.0 Å². The van der Waals surface area contributed by atoms with Crippen LogP contribution < -0.4 is 0 Å². The van der Waals surface area contributed by atoms with Gasteiger partial charge in [0.25, 0.3) is 0 Å². The van der Waals surface area contributed by atoms with E-state index < -0.39 is 0 Å². The molecule has 3 heteroatoms. The Bertz CT molecular complexity index is 905. The lowest BCUT2D eigenvalue weighted by Crippen LogP contribution is -2.08. The predicted molar refractivity (Wildman–Crippen MR) is 111 cm³/mol. The lowest BCUT2D eigenvalue weighted by atomic mass is 10.00. The van der Waals surface area contributed by atoms with E-state index in [2.05, 4.69) is 30.1 Å². The molecule has 0 bridgehead atoms. The fourth-order valence-electron chi connectivity index (χ4n) is 2.75. The van der Waals surface area contributed by atoms with Gasteiger partial charge in [0.05, 0.1) is 18.7 Å². The summed E-state index contributed by atoms with van der Waals surface area (Å²) >= 11 is 0. The molecule has 0 N–H and O–H groups in total. The van der Waals surface area contributed by atoms with Gasteiger partial charge < -0.3 is 4.74 Å². The number of carbonyl (C=O) groups is 1. The molecule has 0 saturated carbocycles. The maximum Gasteiger partial charge on any atom is 0.307 e. The van der Waals surface area contributed by atoms with Gasteiger partial charge >= 0.3 is 5.97 Å². The van der Waals surface area contributed by atoms with Gasteiger partial charge in [-0.15, -0.1) is 0 Å². The van der Waals surface area contributed by atoms with E-state index in [9.17, 15) is 4.79 Å². The van der Waals surface area contributed by atoms with Crippen molar-refractivity contribution in [2.24, 2.45) is 4.99 Å². The van der Waals surface area contributed by atoms with E-state index in [4.69, 9.17) is 4.74 Å². The minimum Gasteiger partial charge on any atom is -0.461 e. The van der Waals surface area contributed by atoms with Gasteiger partial charge in [0, 0.05) is 5.57 Å². The number of allylic oxidation sites excluding steroid dienone is 5. The third-order valence-corrected chi connectivity index (χ3v) is 4.28. The van der Waals surface area contributed by atoms with Crippen LogP contribution in [0, 0.1) is 6.92 Å². The van der Waals surface area contributed by atoms with Gasteiger partial charge in [0.1, 0.15) is 6.61 Å². The number of benzene rings is 2. The lowest BCUT2D eigenvalue weighted by Gasteiger charge is -2.09. The number of aliphatic imine (C=N–C) groups is 1. The minimum absolute atomic E-state index is 0.233. The van der Waals surface area contributed by atoms with Crippen molar-refractivity contribution in [1.82, 2.24) is 0 Å². The Morgan fingerprint density at radius 3 is 2.56 bits per heavy atom. The van der Waals surface area contributed by atoms with Crippen LogP contribution in [0.5, 0.6) is 0 Å². The van der Waals surface area contributed by atoms with Crippen molar-refractivity contribution in [3.63, 3.8) is 0 Å². The molecule has 1 aliphatic carbocycles. The number of hydrogen-bond acceptors (Lipinski definition) is 3. The standard InChI is InChI=1S/C24H23NO2/c1-19-9-5-6-12-21(19)17-22-13-7-8-14-23(22)25-16-15-24(26)27-18-20-10-3-2-4-11-20/h2-14,17H,15-16,18H2,1H3/b22-17-,25-23?. The summed E-state index contributed by atoms with van der Waals surface area (Å²) in [4.78, 5) is 16.5. The molecule has 27 heavy (non-hydrogen) atoms. The summed E-state index contributed by atoms with van der Waals surface area (Å²) in [7, 11) is 0. The summed E-state index contributed by atoms with van der Waals surface area (Å²) in [5, 5.41) is 0. The number of nitrogens with zero attached hydrogens (tertiary/aromatic N) is 1. The van der Waals surface area contributed by atoms with Gasteiger partial charge in [-0.05, 0) is 35.8 Å². The molecule has 1 aliphatic rings. The third kappa shape index (κ3) is 5.65. The molecule has 0 atom stereocenters. The van der Waals surface area contributed by atoms with E-state index in [1.807, 2.05) is 66.8 Å². The molecule has 136 valence electrons. The second kappa shape index (κ2) is 9.48. The van der Waals surface area contributed by atoms with Gasteiger partial charge in [0.15, 0.2) is 0 Å². The Morgan fingerprint density at radius 1 is 1.00 bits per heavy atom. The van der Waals surface area contributed by atoms with Crippen LogP contribution >= 0.6 is 0 Å². The second-order valence-electron chi connectivity index (χ2n) is 6.34. The summed E-state index contributed by atoms with van der Waals surface area (Å²) in [6, 6.07) is 17.9. The van der Waals surface area contributed by atoms with Crippen LogP contribution in [-0.4, -0.2) is 18.2 Å². The summed E-state index contributed by atoms with van der Waals surface area (Å²) in [5.74, 6) is -0.233. The summed E-state index contributed by atoms with van der Waals surface area (Å²) in [6.45, 7) is 2.80. The fourth-order valence-corrected chi connectivity index (χ4v) is 2.75. The van der Waals surface area contributed by atoms with Crippen LogP contribution in [0.3, 0.4) is 0 Å². The molecule has 0 aliphatic heterocycles. The molecule has 3 nitrogen and oxygen atoms in total. The summed E-state index contributed by atoms with van der Waals surface area (Å²) in [5.41, 5.74) is 5.31. The highest BCUT2D eigenvalue weighted by molar-refractivity contribution is 6.14. The number of ether oxygens (including phenoxy) is 1. The molecule has 0 spiro atoms. The highest BCUT2D eigenvalue weighted by Gasteiger charge is 2.07. The molecular formula is C24H23NO2. The quantitative estimate of drug-likeness (QED) is 0.676. The van der Waals surface area contributed by atoms with Gasteiger partial charge in [-0.1, -0.05) is 72.8 Å². The smallest absolute Gasteiger partial charge is 0.307 e. The van der Waals surface area contributed by atoms with E-state index in [-0.39, 0.29) is 12.4 Å². The average Bonchev–Trinajstić information content (AvgIpc) is 2.70. The summed E-state index contributed by atoms with van der Waals surface area (Å²) in [6.07, 6.45) is 10.4.